The van der Waals surface area contributed by atoms with Gasteiger partial charge in [0.25, 0.3) is 0 Å². The summed E-state index contributed by atoms with van der Waals surface area (Å²) in [6.07, 6.45) is 2.82. The van der Waals surface area contributed by atoms with Crippen LogP contribution in [0.4, 0.5) is 0 Å². The van der Waals surface area contributed by atoms with E-state index < -0.39 is 15.3 Å². The van der Waals surface area contributed by atoms with Crippen LogP contribution in [0.3, 0.4) is 0 Å². The zero-order valence-corrected chi connectivity index (χ0v) is 14.9. The molecule has 4 rings (SSSR count). The first-order chi connectivity index (χ1) is 11.4. The van der Waals surface area contributed by atoms with Crippen LogP contribution in [0.25, 0.3) is 10.9 Å². The van der Waals surface area contributed by atoms with Crippen LogP contribution in [0.2, 0.25) is 0 Å². The highest BCUT2D eigenvalue weighted by Gasteiger charge is 2.37. The second-order valence-electron chi connectivity index (χ2n) is 7.14. The second-order valence-corrected chi connectivity index (χ2v) is 9.07. The molecule has 0 unspecified atom stereocenters. The minimum Gasteiger partial charge on any atom is -0.377 e. The first-order valence-corrected chi connectivity index (χ1v) is 10.2. The summed E-state index contributed by atoms with van der Waals surface area (Å²) < 4.78 is 33.7. The standard InChI is InChI=1S/C18H24N2O3S/c1-11-3-5-16-14(9-11)15-10-13(4-6-17(15)19-16)20-24(21,22)18-7-8-23-12(18)2/h3,5,9,12-13,18-20H,4,6-8,10H2,1-2H3/t12-,13-,18-/m1/s1. The predicted molar refractivity (Wildman–Crippen MR) is 94.7 cm³/mol. The van der Waals surface area contributed by atoms with Gasteiger partial charge in [-0.3, -0.25) is 0 Å². The molecular weight excluding hydrogens is 324 g/mol. The summed E-state index contributed by atoms with van der Waals surface area (Å²) in [5, 5.41) is 0.801. The average Bonchev–Trinajstić information content (AvgIpc) is 3.11. The Hall–Kier alpha value is -1.37. The molecule has 1 aliphatic carbocycles. The molecule has 0 spiro atoms. The van der Waals surface area contributed by atoms with Gasteiger partial charge in [-0.2, -0.15) is 0 Å². The van der Waals surface area contributed by atoms with Crippen molar-refractivity contribution in [3.05, 3.63) is 35.0 Å². The lowest BCUT2D eigenvalue weighted by atomic mass is 9.92. The molecule has 2 aromatic rings. The maximum Gasteiger partial charge on any atom is 0.217 e. The summed E-state index contributed by atoms with van der Waals surface area (Å²) in [4.78, 5) is 3.49. The SMILES string of the molecule is Cc1ccc2[nH]c3c(c2c1)C[C@H](NS(=O)(=O)[C@@H]1CCO[C@@H]1C)CC3. The quantitative estimate of drug-likeness (QED) is 0.895. The molecule has 1 aromatic carbocycles. The number of aryl methyl sites for hydroxylation is 2. The Morgan fingerprint density at radius 2 is 2.12 bits per heavy atom. The Labute approximate surface area is 142 Å². The molecule has 0 radical (unpaired) electrons. The van der Waals surface area contributed by atoms with E-state index in [-0.39, 0.29) is 12.1 Å². The van der Waals surface area contributed by atoms with Gasteiger partial charge in [-0.25, -0.2) is 13.1 Å². The molecule has 3 atom stereocenters. The third-order valence-corrected chi connectivity index (χ3v) is 7.46. The highest BCUT2D eigenvalue weighted by Crippen LogP contribution is 2.30. The predicted octanol–water partition coefficient (Wildman–Crippen LogP) is 2.43. The molecule has 2 N–H and O–H groups in total. The maximum atomic E-state index is 12.7. The van der Waals surface area contributed by atoms with Gasteiger partial charge < -0.3 is 9.72 Å². The van der Waals surface area contributed by atoms with Gasteiger partial charge in [-0.1, -0.05) is 11.6 Å². The fourth-order valence-electron chi connectivity index (χ4n) is 4.07. The van der Waals surface area contributed by atoms with E-state index in [9.17, 15) is 8.42 Å². The highest BCUT2D eigenvalue weighted by atomic mass is 32.2. The molecule has 1 aliphatic heterocycles. The number of H-pyrrole nitrogens is 1. The van der Waals surface area contributed by atoms with E-state index in [0.717, 1.165) is 24.8 Å². The van der Waals surface area contributed by atoms with Gasteiger partial charge in [0.05, 0.1) is 6.10 Å². The lowest BCUT2D eigenvalue weighted by Gasteiger charge is -2.26. The first-order valence-electron chi connectivity index (χ1n) is 8.67. The largest absolute Gasteiger partial charge is 0.377 e. The Balaban J connectivity index is 1.58. The summed E-state index contributed by atoms with van der Waals surface area (Å²) in [6, 6.07) is 6.37. The van der Waals surface area contributed by atoms with Gasteiger partial charge in [-0.05, 0) is 57.2 Å². The molecular formula is C18H24N2O3S. The number of aromatic nitrogens is 1. The van der Waals surface area contributed by atoms with Crippen LogP contribution >= 0.6 is 0 Å². The van der Waals surface area contributed by atoms with E-state index in [4.69, 9.17) is 4.74 Å². The van der Waals surface area contributed by atoms with Crippen LogP contribution in [0.1, 0.15) is 36.6 Å². The number of aromatic amines is 1. The highest BCUT2D eigenvalue weighted by molar-refractivity contribution is 7.90. The summed E-state index contributed by atoms with van der Waals surface area (Å²) >= 11 is 0. The monoisotopic (exact) mass is 348 g/mol. The minimum absolute atomic E-state index is 0.0326. The topological polar surface area (TPSA) is 71.2 Å². The normalized spacial score (nSPS) is 27.5. The molecule has 0 bridgehead atoms. The fourth-order valence-corrected chi connectivity index (χ4v) is 5.90. The molecule has 130 valence electrons. The maximum absolute atomic E-state index is 12.7. The van der Waals surface area contributed by atoms with Crippen LogP contribution in [0, 0.1) is 6.92 Å². The number of rotatable bonds is 3. The van der Waals surface area contributed by atoms with Crippen molar-refractivity contribution < 1.29 is 13.2 Å². The van der Waals surface area contributed by atoms with E-state index >= 15 is 0 Å². The third-order valence-electron chi connectivity index (χ3n) is 5.38. The van der Waals surface area contributed by atoms with Crippen LogP contribution in [0.5, 0.6) is 0 Å². The van der Waals surface area contributed by atoms with Crippen molar-refractivity contribution in [1.82, 2.24) is 9.71 Å². The van der Waals surface area contributed by atoms with Crippen molar-refractivity contribution in [2.24, 2.45) is 0 Å². The molecule has 0 saturated carbocycles. The summed E-state index contributed by atoms with van der Waals surface area (Å²) in [5.74, 6) is 0. The molecule has 2 heterocycles. The molecule has 1 saturated heterocycles. The van der Waals surface area contributed by atoms with E-state index in [1.165, 1.54) is 22.2 Å². The zero-order chi connectivity index (χ0) is 16.9. The molecule has 24 heavy (non-hydrogen) atoms. The minimum atomic E-state index is -3.34. The number of sulfonamides is 1. The molecule has 0 amide bonds. The van der Waals surface area contributed by atoms with Crippen LogP contribution in [-0.2, 0) is 27.6 Å². The van der Waals surface area contributed by atoms with Crippen molar-refractivity contribution in [3.8, 4) is 0 Å². The van der Waals surface area contributed by atoms with Gasteiger partial charge in [0.15, 0.2) is 0 Å². The number of hydrogen-bond acceptors (Lipinski definition) is 3. The van der Waals surface area contributed by atoms with Gasteiger partial charge in [0, 0.05) is 29.2 Å². The fraction of sp³-hybridized carbons (Fsp3) is 0.556. The number of hydrogen-bond donors (Lipinski definition) is 2. The van der Waals surface area contributed by atoms with Crippen LogP contribution in [0.15, 0.2) is 18.2 Å². The Kier molecular flexibility index (Phi) is 3.94. The Morgan fingerprint density at radius 3 is 2.88 bits per heavy atom. The average molecular weight is 348 g/mol. The van der Waals surface area contributed by atoms with Gasteiger partial charge in [0.1, 0.15) is 5.25 Å². The number of benzene rings is 1. The van der Waals surface area contributed by atoms with E-state index in [2.05, 4.69) is 34.8 Å². The molecule has 5 nitrogen and oxygen atoms in total. The number of ether oxygens (including phenoxy) is 1. The third kappa shape index (κ3) is 2.76. The van der Waals surface area contributed by atoms with Crippen molar-refractivity contribution in [3.63, 3.8) is 0 Å². The van der Waals surface area contributed by atoms with Gasteiger partial charge in [-0.15, -0.1) is 0 Å². The smallest absolute Gasteiger partial charge is 0.217 e. The summed E-state index contributed by atoms with van der Waals surface area (Å²) in [7, 11) is -3.34. The lowest BCUT2D eigenvalue weighted by molar-refractivity contribution is 0.126. The van der Waals surface area contributed by atoms with E-state index in [0.29, 0.717) is 13.0 Å². The van der Waals surface area contributed by atoms with Crippen LogP contribution in [-0.4, -0.2) is 37.4 Å². The lowest BCUT2D eigenvalue weighted by Crippen LogP contribution is -2.45. The first kappa shape index (κ1) is 16.1. The van der Waals surface area contributed by atoms with Crippen molar-refractivity contribution >= 4 is 20.9 Å². The summed E-state index contributed by atoms with van der Waals surface area (Å²) in [6.45, 7) is 4.46. The van der Waals surface area contributed by atoms with Gasteiger partial charge in [0.2, 0.25) is 10.0 Å². The molecule has 1 fully saturated rings. The summed E-state index contributed by atoms with van der Waals surface area (Å²) in [5.41, 5.74) is 4.89. The van der Waals surface area contributed by atoms with Crippen LogP contribution < -0.4 is 4.72 Å². The zero-order valence-electron chi connectivity index (χ0n) is 14.1. The number of nitrogens with one attached hydrogen (secondary N) is 2. The van der Waals surface area contributed by atoms with E-state index in [1.54, 1.807) is 0 Å². The van der Waals surface area contributed by atoms with Crippen molar-refractivity contribution in [2.75, 3.05) is 6.61 Å². The second kappa shape index (κ2) is 5.86. The van der Waals surface area contributed by atoms with E-state index in [1.807, 2.05) is 6.92 Å². The molecule has 2 aliphatic rings. The Bertz CT molecular complexity index is 872. The van der Waals surface area contributed by atoms with Gasteiger partial charge >= 0.3 is 0 Å². The van der Waals surface area contributed by atoms with Crippen molar-refractivity contribution in [1.29, 1.82) is 0 Å². The van der Waals surface area contributed by atoms with Crippen molar-refractivity contribution in [2.45, 2.75) is 56.9 Å². The number of fused-ring (bicyclic) bond motifs is 3. The molecule has 6 heteroatoms. The Morgan fingerprint density at radius 1 is 1.29 bits per heavy atom. The molecule has 1 aromatic heterocycles.